The zero-order valence-electron chi connectivity index (χ0n) is 6.51. The average molecular weight is 202 g/mol. The molecule has 0 saturated heterocycles. The maximum Gasteiger partial charge on any atom is 0.260 e. The van der Waals surface area contributed by atoms with E-state index in [-0.39, 0.29) is 5.56 Å². The topological polar surface area (TPSA) is 51.2 Å². The van der Waals surface area contributed by atoms with Crippen molar-refractivity contribution < 1.29 is 17.6 Å². The molecule has 1 unspecified atom stereocenters. The Bertz CT molecular complexity index is 364. The van der Waals surface area contributed by atoms with Crippen LogP contribution in [-0.2, 0) is 10.7 Å². The van der Waals surface area contributed by atoms with E-state index in [1.54, 1.807) is 6.07 Å². The van der Waals surface area contributed by atoms with Crippen LogP contribution < -0.4 is 0 Å². The number of halogens is 1. The number of ketones is 1. The standard InChI is InChI=1S/C8H7FO3S/c9-8(13(11)12)7(10)6-4-2-1-3-5-6/h1-5,8,13H. The molecule has 1 atom stereocenters. The average Bonchev–Trinajstić information content (AvgIpc) is 2.17. The quantitative estimate of drug-likeness (QED) is 0.582. The number of thiol groups is 1. The van der Waals surface area contributed by atoms with E-state index in [2.05, 4.69) is 0 Å². The summed E-state index contributed by atoms with van der Waals surface area (Å²) in [6, 6.07) is 7.47. The summed E-state index contributed by atoms with van der Waals surface area (Å²) in [6.45, 7) is 0. The van der Waals surface area contributed by atoms with Crippen molar-refractivity contribution in [2.75, 3.05) is 0 Å². The van der Waals surface area contributed by atoms with E-state index in [4.69, 9.17) is 0 Å². The molecule has 0 bridgehead atoms. The summed E-state index contributed by atoms with van der Waals surface area (Å²) in [7, 11) is -3.34. The van der Waals surface area contributed by atoms with Gasteiger partial charge in [-0.1, -0.05) is 30.3 Å². The van der Waals surface area contributed by atoms with Crippen molar-refractivity contribution >= 4 is 16.5 Å². The lowest BCUT2D eigenvalue weighted by molar-refractivity contribution is 0.0935. The molecule has 1 aromatic carbocycles. The maximum atomic E-state index is 12.7. The van der Waals surface area contributed by atoms with Crippen molar-refractivity contribution in [1.29, 1.82) is 0 Å². The summed E-state index contributed by atoms with van der Waals surface area (Å²) in [4.78, 5) is 11.0. The molecule has 3 nitrogen and oxygen atoms in total. The van der Waals surface area contributed by atoms with E-state index in [0.29, 0.717) is 0 Å². The van der Waals surface area contributed by atoms with Gasteiger partial charge in [-0.2, -0.15) is 0 Å². The summed E-state index contributed by atoms with van der Waals surface area (Å²) < 4.78 is 33.0. The smallest absolute Gasteiger partial charge is 0.260 e. The summed E-state index contributed by atoms with van der Waals surface area (Å²) in [6.07, 6.45) is 0. The lowest BCUT2D eigenvalue weighted by atomic mass is 10.1. The second-order valence-corrected chi connectivity index (χ2v) is 3.38. The van der Waals surface area contributed by atoms with E-state index >= 15 is 0 Å². The van der Waals surface area contributed by atoms with E-state index in [1.165, 1.54) is 24.3 Å². The van der Waals surface area contributed by atoms with Gasteiger partial charge in [-0.25, -0.2) is 12.8 Å². The van der Waals surface area contributed by atoms with Gasteiger partial charge in [-0.05, 0) is 0 Å². The van der Waals surface area contributed by atoms with Gasteiger partial charge in [0.25, 0.3) is 5.50 Å². The fourth-order valence-corrected chi connectivity index (χ4v) is 1.18. The van der Waals surface area contributed by atoms with Crippen molar-refractivity contribution in [3.63, 3.8) is 0 Å². The van der Waals surface area contributed by atoms with E-state index < -0.39 is 22.0 Å². The molecule has 0 aliphatic rings. The van der Waals surface area contributed by atoms with E-state index in [9.17, 15) is 17.6 Å². The minimum Gasteiger partial charge on any atom is -0.290 e. The van der Waals surface area contributed by atoms with Crippen LogP contribution in [0.4, 0.5) is 4.39 Å². The van der Waals surface area contributed by atoms with Crippen molar-refractivity contribution in [2.45, 2.75) is 5.50 Å². The third kappa shape index (κ3) is 2.35. The Balaban J connectivity index is 2.93. The maximum absolute atomic E-state index is 12.7. The monoisotopic (exact) mass is 202 g/mol. The molecule has 1 rings (SSSR count). The first-order valence-electron chi connectivity index (χ1n) is 3.50. The lowest BCUT2D eigenvalue weighted by Gasteiger charge is -1.98. The van der Waals surface area contributed by atoms with Crippen LogP contribution in [0.5, 0.6) is 0 Å². The zero-order valence-corrected chi connectivity index (χ0v) is 7.41. The minimum absolute atomic E-state index is 0.0641. The van der Waals surface area contributed by atoms with Crippen LogP contribution in [0.15, 0.2) is 30.3 Å². The Hall–Kier alpha value is -1.23. The summed E-state index contributed by atoms with van der Waals surface area (Å²) in [5.41, 5.74) is -2.37. The minimum atomic E-state index is -3.34. The lowest BCUT2D eigenvalue weighted by Crippen LogP contribution is -2.16. The van der Waals surface area contributed by atoms with Gasteiger partial charge in [-0.3, -0.25) is 4.79 Å². The third-order valence-corrected chi connectivity index (χ3v) is 2.06. The predicted molar refractivity (Wildman–Crippen MR) is 46.0 cm³/mol. The first-order valence-corrected chi connectivity index (χ1v) is 4.74. The molecule has 1 aromatic rings. The van der Waals surface area contributed by atoms with Gasteiger partial charge in [0.1, 0.15) is 0 Å². The summed E-state index contributed by atoms with van der Waals surface area (Å²) in [5.74, 6) is -1.02. The number of carbonyl (C=O) groups excluding carboxylic acids is 1. The van der Waals surface area contributed by atoms with Crippen molar-refractivity contribution in [3.8, 4) is 0 Å². The Kier molecular flexibility index (Phi) is 3.13. The molecule has 13 heavy (non-hydrogen) atoms. The van der Waals surface area contributed by atoms with E-state index in [0.717, 1.165) is 0 Å². The van der Waals surface area contributed by atoms with Gasteiger partial charge >= 0.3 is 0 Å². The molecular formula is C8H7FO3S. The number of hydrogen-bond acceptors (Lipinski definition) is 3. The van der Waals surface area contributed by atoms with Crippen molar-refractivity contribution in [2.24, 2.45) is 0 Å². The van der Waals surface area contributed by atoms with Crippen LogP contribution in [0.25, 0.3) is 0 Å². The highest BCUT2D eigenvalue weighted by Crippen LogP contribution is 2.06. The van der Waals surface area contributed by atoms with Gasteiger partial charge in [0.15, 0.2) is 10.7 Å². The molecule has 0 aliphatic carbocycles. The number of rotatable bonds is 3. The number of benzene rings is 1. The molecule has 0 amide bonds. The normalized spacial score (nSPS) is 12.8. The molecule has 5 heteroatoms. The second kappa shape index (κ2) is 4.13. The Morgan fingerprint density at radius 1 is 1.23 bits per heavy atom. The highest BCUT2D eigenvalue weighted by Gasteiger charge is 2.21. The van der Waals surface area contributed by atoms with Crippen molar-refractivity contribution in [1.82, 2.24) is 0 Å². The van der Waals surface area contributed by atoms with Crippen LogP contribution in [0.1, 0.15) is 10.4 Å². The molecule has 0 saturated carbocycles. The van der Waals surface area contributed by atoms with Crippen LogP contribution in [0, 0.1) is 0 Å². The third-order valence-electron chi connectivity index (χ3n) is 1.46. The van der Waals surface area contributed by atoms with Gasteiger partial charge in [-0.15, -0.1) is 0 Å². The molecular weight excluding hydrogens is 195 g/mol. The molecule has 0 radical (unpaired) electrons. The zero-order chi connectivity index (χ0) is 9.84. The fourth-order valence-electron chi connectivity index (χ4n) is 0.836. The Morgan fingerprint density at radius 3 is 2.23 bits per heavy atom. The van der Waals surface area contributed by atoms with Crippen LogP contribution in [0.3, 0.4) is 0 Å². The Labute approximate surface area is 76.1 Å². The van der Waals surface area contributed by atoms with E-state index in [1.807, 2.05) is 0 Å². The molecule has 0 fully saturated rings. The van der Waals surface area contributed by atoms with Crippen LogP contribution >= 0.6 is 0 Å². The predicted octanol–water partition coefficient (Wildman–Crippen LogP) is 0.776. The first kappa shape index (κ1) is 9.85. The van der Waals surface area contributed by atoms with Gasteiger partial charge in [0.05, 0.1) is 0 Å². The highest BCUT2D eigenvalue weighted by molar-refractivity contribution is 7.73. The van der Waals surface area contributed by atoms with Gasteiger partial charge < -0.3 is 0 Å². The van der Waals surface area contributed by atoms with Crippen LogP contribution in [-0.4, -0.2) is 19.7 Å². The van der Waals surface area contributed by atoms with Gasteiger partial charge in [0.2, 0.25) is 5.78 Å². The van der Waals surface area contributed by atoms with Crippen molar-refractivity contribution in [3.05, 3.63) is 35.9 Å². The Morgan fingerprint density at radius 2 is 1.77 bits per heavy atom. The number of alkyl halides is 1. The van der Waals surface area contributed by atoms with Gasteiger partial charge in [0, 0.05) is 5.56 Å². The summed E-state index contributed by atoms with van der Waals surface area (Å²) >= 11 is 0. The molecule has 0 spiro atoms. The van der Waals surface area contributed by atoms with Crippen LogP contribution in [0.2, 0.25) is 0 Å². The molecule has 0 N–H and O–H groups in total. The SMILES string of the molecule is O=C(c1ccccc1)C(F)[SH](=O)=O. The summed E-state index contributed by atoms with van der Waals surface area (Å²) in [5, 5.41) is 0. The number of Topliss-reactive ketones (excluding diaryl/α,β-unsaturated/α-hetero) is 1. The molecule has 0 heterocycles. The largest absolute Gasteiger partial charge is 0.290 e. The number of hydrogen-bond donors (Lipinski definition) is 1. The second-order valence-electron chi connectivity index (χ2n) is 2.35. The fraction of sp³-hybridized carbons (Fsp3) is 0.125. The highest BCUT2D eigenvalue weighted by atomic mass is 32.2. The molecule has 0 aromatic heterocycles. The number of carbonyl (C=O) groups is 1. The first-order chi connectivity index (χ1) is 6.13. The molecule has 0 aliphatic heterocycles. The molecule has 70 valence electrons.